The average molecular weight is 320 g/mol. The second-order valence-electron chi connectivity index (χ2n) is 5.85. The normalized spacial score (nSPS) is 31.2. The molecule has 2 N–H and O–H groups in total. The van der Waals surface area contributed by atoms with E-state index in [9.17, 15) is 13.2 Å². The largest absolute Gasteiger partial charge is 0.337 e. The summed E-state index contributed by atoms with van der Waals surface area (Å²) in [6, 6.07) is 0.139. The summed E-state index contributed by atoms with van der Waals surface area (Å²) in [5, 5.41) is 0.0856. The number of hydrogen-bond donors (Lipinski definition) is 1. The SMILES string of the molecule is CC(N)C1CCCCN1C(=O)CSC1CCS(=O)(=O)C1. The second-order valence-corrected chi connectivity index (χ2v) is 9.36. The smallest absolute Gasteiger partial charge is 0.232 e. The average Bonchev–Trinajstić information content (AvgIpc) is 2.75. The molecule has 0 aromatic rings. The Hall–Kier alpha value is -0.270. The third-order valence-corrected chi connectivity index (χ3v) is 7.38. The minimum atomic E-state index is -2.86. The number of thioether (sulfide) groups is 1. The Morgan fingerprint density at radius 3 is 2.75 bits per heavy atom. The fourth-order valence-electron chi connectivity index (χ4n) is 2.98. The van der Waals surface area contributed by atoms with Crippen LogP contribution in [0, 0.1) is 0 Å². The third kappa shape index (κ3) is 4.11. The van der Waals surface area contributed by atoms with Crippen LogP contribution in [0.2, 0.25) is 0 Å². The molecule has 1 amide bonds. The lowest BCUT2D eigenvalue weighted by Gasteiger charge is -2.38. The van der Waals surface area contributed by atoms with Crippen molar-refractivity contribution >= 4 is 27.5 Å². The van der Waals surface area contributed by atoms with Gasteiger partial charge >= 0.3 is 0 Å². The maximum atomic E-state index is 12.3. The van der Waals surface area contributed by atoms with Crippen LogP contribution in [0.5, 0.6) is 0 Å². The van der Waals surface area contributed by atoms with E-state index in [0.29, 0.717) is 12.2 Å². The van der Waals surface area contributed by atoms with Crippen LogP contribution in [-0.4, -0.2) is 60.4 Å². The van der Waals surface area contributed by atoms with Crippen molar-refractivity contribution < 1.29 is 13.2 Å². The topological polar surface area (TPSA) is 80.5 Å². The van der Waals surface area contributed by atoms with E-state index in [1.54, 1.807) is 0 Å². The fourth-order valence-corrected chi connectivity index (χ4v) is 6.51. The summed E-state index contributed by atoms with van der Waals surface area (Å²) in [5.74, 6) is 0.983. The lowest BCUT2D eigenvalue weighted by atomic mass is 9.97. The molecule has 3 atom stereocenters. The maximum absolute atomic E-state index is 12.3. The van der Waals surface area contributed by atoms with Crippen molar-refractivity contribution in [2.24, 2.45) is 5.73 Å². The van der Waals surface area contributed by atoms with E-state index in [1.165, 1.54) is 11.8 Å². The van der Waals surface area contributed by atoms with Gasteiger partial charge in [-0.3, -0.25) is 4.79 Å². The Balaban J connectivity index is 1.84. The molecule has 2 rings (SSSR count). The van der Waals surface area contributed by atoms with Gasteiger partial charge in [0, 0.05) is 23.9 Å². The summed E-state index contributed by atoms with van der Waals surface area (Å²) >= 11 is 1.49. The van der Waals surface area contributed by atoms with Gasteiger partial charge in [0.2, 0.25) is 5.91 Å². The molecule has 20 heavy (non-hydrogen) atoms. The predicted octanol–water partition coefficient (Wildman–Crippen LogP) is 0.635. The summed E-state index contributed by atoms with van der Waals surface area (Å²) in [5.41, 5.74) is 5.97. The van der Waals surface area contributed by atoms with Crippen LogP contribution >= 0.6 is 11.8 Å². The molecule has 116 valence electrons. The van der Waals surface area contributed by atoms with Gasteiger partial charge < -0.3 is 10.6 Å². The van der Waals surface area contributed by atoms with Gasteiger partial charge in [-0.2, -0.15) is 0 Å². The molecule has 0 saturated carbocycles. The summed E-state index contributed by atoms with van der Waals surface area (Å²) in [6.45, 7) is 2.74. The summed E-state index contributed by atoms with van der Waals surface area (Å²) in [6.07, 6.45) is 3.82. The molecule has 2 fully saturated rings. The highest BCUT2D eigenvalue weighted by Crippen LogP contribution is 2.26. The fraction of sp³-hybridized carbons (Fsp3) is 0.923. The number of piperidine rings is 1. The monoisotopic (exact) mass is 320 g/mol. The number of likely N-dealkylation sites (tertiary alicyclic amines) is 1. The number of rotatable bonds is 4. The van der Waals surface area contributed by atoms with E-state index < -0.39 is 9.84 Å². The molecule has 2 aliphatic rings. The maximum Gasteiger partial charge on any atom is 0.232 e. The predicted molar refractivity (Wildman–Crippen MR) is 82.5 cm³/mol. The molecular weight excluding hydrogens is 296 g/mol. The van der Waals surface area contributed by atoms with E-state index in [-0.39, 0.29) is 34.7 Å². The van der Waals surface area contributed by atoms with Crippen LogP contribution in [0.4, 0.5) is 0 Å². The summed E-state index contributed by atoms with van der Waals surface area (Å²) in [7, 11) is -2.86. The number of sulfone groups is 1. The van der Waals surface area contributed by atoms with Crippen LogP contribution < -0.4 is 5.73 Å². The first-order valence-electron chi connectivity index (χ1n) is 7.26. The van der Waals surface area contributed by atoms with E-state index in [1.807, 2.05) is 11.8 Å². The quantitative estimate of drug-likeness (QED) is 0.822. The highest BCUT2D eigenvalue weighted by molar-refractivity contribution is 8.02. The highest BCUT2D eigenvalue weighted by atomic mass is 32.2. The number of nitrogens with zero attached hydrogens (tertiary/aromatic N) is 1. The molecular formula is C13H24N2O3S2. The Labute approximate surface area is 125 Å². The number of hydrogen-bond acceptors (Lipinski definition) is 5. The number of carbonyl (C=O) groups is 1. The molecule has 0 aliphatic carbocycles. The highest BCUT2D eigenvalue weighted by Gasteiger charge is 2.32. The first-order chi connectivity index (χ1) is 9.39. The van der Waals surface area contributed by atoms with Gasteiger partial charge in [0.1, 0.15) is 0 Å². The van der Waals surface area contributed by atoms with Gasteiger partial charge in [-0.25, -0.2) is 8.42 Å². The first-order valence-corrected chi connectivity index (χ1v) is 10.1. The zero-order valence-corrected chi connectivity index (χ0v) is 13.6. The van der Waals surface area contributed by atoms with Crippen LogP contribution in [0.25, 0.3) is 0 Å². The van der Waals surface area contributed by atoms with Crippen molar-refractivity contribution in [3.63, 3.8) is 0 Å². The molecule has 2 saturated heterocycles. The molecule has 2 heterocycles. The Kier molecular flexibility index (Phi) is 5.36. The first kappa shape index (κ1) is 16.1. The van der Waals surface area contributed by atoms with Crippen molar-refractivity contribution in [3.8, 4) is 0 Å². The lowest BCUT2D eigenvalue weighted by Crippen LogP contribution is -2.52. The van der Waals surface area contributed by atoms with E-state index >= 15 is 0 Å². The van der Waals surface area contributed by atoms with Gasteiger partial charge in [-0.1, -0.05) is 0 Å². The van der Waals surface area contributed by atoms with Crippen molar-refractivity contribution in [3.05, 3.63) is 0 Å². The van der Waals surface area contributed by atoms with Crippen LogP contribution in [0.1, 0.15) is 32.6 Å². The lowest BCUT2D eigenvalue weighted by molar-refractivity contribution is -0.132. The number of nitrogens with two attached hydrogens (primary N) is 1. The van der Waals surface area contributed by atoms with Crippen molar-refractivity contribution in [1.82, 2.24) is 4.90 Å². The molecule has 7 heteroatoms. The van der Waals surface area contributed by atoms with E-state index in [0.717, 1.165) is 25.8 Å². The van der Waals surface area contributed by atoms with Gasteiger partial charge in [0.25, 0.3) is 0 Å². The minimum absolute atomic E-state index is 0.00360. The molecule has 2 aliphatic heterocycles. The van der Waals surface area contributed by atoms with Crippen LogP contribution in [0.15, 0.2) is 0 Å². The summed E-state index contributed by atoms with van der Waals surface area (Å²) < 4.78 is 22.8. The number of carbonyl (C=O) groups excluding carboxylic acids is 1. The zero-order valence-electron chi connectivity index (χ0n) is 12.0. The van der Waals surface area contributed by atoms with Gasteiger partial charge in [-0.15, -0.1) is 11.8 Å². The molecule has 0 bridgehead atoms. The Morgan fingerprint density at radius 1 is 1.40 bits per heavy atom. The molecule has 0 aromatic carbocycles. The van der Waals surface area contributed by atoms with E-state index in [2.05, 4.69) is 0 Å². The van der Waals surface area contributed by atoms with Crippen molar-refractivity contribution in [2.75, 3.05) is 23.8 Å². The second kappa shape index (κ2) is 6.66. The van der Waals surface area contributed by atoms with E-state index in [4.69, 9.17) is 5.73 Å². The van der Waals surface area contributed by atoms with Gasteiger partial charge in [-0.05, 0) is 32.6 Å². The standard InChI is InChI=1S/C13H24N2O3S2/c1-10(14)12-4-2-3-6-15(12)13(16)8-19-11-5-7-20(17,18)9-11/h10-12H,2-9,14H2,1H3. The molecule has 3 unspecified atom stereocenters. The van der Waals surface area contributed by atoms with Gasteiger partial charge in [0.05, 0.1) is 17.3 Å². The van der Waals surface area contributed by atoms with Crippen molar-refractivity contribution in [2.45, 2.75) is 49.9 Å². The van der Waals surface area contributed by atoms with Crippen LogP contribution in [0.3, 0.4) is 0 Å². The zero-order chi connectivity index (χ0) is 14.8. The van der Waals surface area contributed by atoms with Crippen LogP contribution in [-0.2, 0) is 14.6 Å². The Morgan fingerprint density at radius 2 is 2.15 bits per heavy atom. The molecule has 0 spiro atoms. The van der Waals surface area contributed by atoms with Gasteiger partial charge in [0.15, 0.2) is 9.84 Å². The Bertz CT molecular complexity index is 451. The molecule has 0 aromatic heterocycles. The van der Waals surface area contributed by atoms with Crippen molar-refractivity contribution in [1.29, 1.82) is 0 Å². The summed E-state index contributed by atoms with van der Waals surface area (Å²) in [4.78, 5) is 14.2. The molecule has 5 nitrogen and oxygen atoms in total. The minimum Gasteiger partial charge on any atom is -0.337 e. The number of amides is 1. The molecule has 0 radical (unpaired) electrons. The third-order valence-electron chi connectivity index (χ3n) is 4.11.